The van der Waals surface area contributed by atoms with E-state index < -0.39 is 11.2 Å². The fourth-order valence-corrected chi connectivity index (χ4v) is 4.60. The highest BCUT2D eigenvalue weighted by Crippen LogP contribution is 2.65. The smallest absolute Gasteiger partial charge is 0.303 e. The van der Waals surface area contributed by atoms with Crippen molar-refractivity contribution in [2.45, 2.75) is 70.6 Å². The van der Waals surface area contributed by atoms with Crippen molar-refractivity contribution in [2.24, 2.45) is 11.3 Å². The first-order chi connectivity index (χ1) is 10.1. The minimum absolute atomic E-state index is 0.0531. The second kappa shape index (κ2) is 3.82. The van der Waals surface area contributed by atoms with Crippen LogP contribution >= 0.6 is 0 Å². The van der Waals surface area contributed by atoms with Crippen LogP contribution in [0.15, 0.2) is 11.6 Å². The van der Waals surface area contributed by atoms with Crippen LogP contribution in [-0.2, 0) is 23.8 Å². The maximum Gasteiger partial charge on any atom is 0.303 e. The molecule has 22 heavy (non-hydrogen) atoms. The second-order valence-corrected chi connectivity index (χ2v) is 7.88. The summed E-state index contributed by atoms with van der Waals surface area (Å²) in [6.45, 7) is 9.57. The van der Waals surface area contributed by atoms with Crippen LogP contribution in [-0.4, -0.2) is 41.3 Å². The summed E-state index contributed by atoms with van der Waals surface area (Å²) < 4.78 is 17.1. The Morgan fingerprint density at radius 1 is 1.36 bits per heavy atom. The molecule has 2 aliphatic carbocycles. The summed E-state index contributed by atoms with van der Waals surface area (Å²) in [6.07, 6.45) is 1.92. The number of epoxide rings is 2. The number of esters is 1. The van der Waals surface area contributed by atoms with E-state index in [1.54, 1.807) is 6.08 Å². The van der Waals surface area contributed by atoms with Gasteiger partial charge in [-0.05, 0) is 31.9 Å². The van der Waals surface area contributed by atoms with Crippen molar-refractivity contribution in [2.75, 3.05) is 0 Å². The molecule has 120 valence electrons. The summed E-state index contributed by atoms with van der Waals surface area (Å²) in [5.41, 5.74) is -0.343. The molecule has 0 aromatic rings. The first-order valence-corrected chi connectivity index (χ1v) is 7.92. The van der Waals surface area contributed by atoms with E-state index in [-0.39, 0.29) is 41.4 Å². The summed E-state index contributed by atoms with van der Waals surface area (Å²) in [4.78, 5) is 24.0. The molecule has 6 atom stereocenters. The summed E-state index contributed by atoms with van der Waals surface area (Å²) in [6, 6.07) is 0. The average Bonchev–Trinajstić information content (AvgIpc) is 3.26. The number of fused-ring (bicyclic) bond motifs is 3. The van der Waals surface area contributed by atoms with Gasteiger partial charge in [0.25, 0.3) is 0 Å². The van der Waals surface area contributed by atoms with Gasteiger partial charge >= 0.3 is 5.97 Å². The van der Waals surface area contributed by atoms with E-state index in [9.17, 15) is 9.59 Å². The number of hydrogen-bond donors (Lipinski definition) is 0. The Balaban J connectivity index is 1.74. The molecule has 0 unspecified atom stereocenters. The molecule has 2 aliphatic heterocycles. The monoisotopic (exact) mass is 306 g/mol. The van der Waals surface area contributed by atoms with Crippen molar-refractivity contribution >= 4 is 11.8 Å². The third-order valence-corrected chi connectivity index (χ3v) is 6.28. The Kier molecular flexibility index (Phi) is 2.50. The highest BCUT2D eigenvalue weighted by molar-refractivity contribution is 6.02. The lowest BCUT2D eigenvalue weighted by molar-refractivity contribution is -0.153. The van der Waals surface area contributed by atoms with E-state index in [0.717, 1.165) is 5.57 Å². The quantitative estimate of drug-likeness (QED) is 0.546. The standard InChI is InChI=1S/C17H22O5/c1-8-12(20-9(2)18)14-13(21-14)10-6-11(19)17(7-16(8,10)5)15(3,4)22-17/h6,8,12-14H,7H2,1-5H3/t8-,12+,13-,14+,16+,17-/m0/s1. The lowest BCUT2D eigenvalue weighted by Crippen LogP contribution is -2.53. The molecule has 4 rings (SSSR count). The van der Waals surface area contributed by atoms with Crippen molar-refractivity contribution in [3.63, 3.8) is 0 Å². The van der Waals surface area contributed by atoms with Gasteiger partial charge in [-0.1, -0.05) is 13.8 Å². The summed E-state index contributed by atoms with van der Waals surface area (Å²) in [7, 11) is 0. The van der Waals surface area contributed by atoms with E-state index in [4.69, 9.17) is 14.2 Å². The van der Waals surface area contributed by atoms with Crippen molar-refractivity contribution in [3.8, 4) is 0 Å². The van der Waals surface area contributed by atoms with Gasteiger partial charge < -0.3 is 14.2 Å². The number of carbonyl (C=O) groups excluding carboxylic acids is 2. The Morgan fingerprint density at radius 3 is 2.55 bits per heavy atom. The molecular formula is C17H22O5. The molecular weight excluding hydrogens is 284 g/mol. The van der Waals surface area contributed by atoms with E-state index in [2.05, 4.69) is 13.8 Å². The topological polar surface area (TPSA) is 68.4 Å². The SMILES string of the molecule is CC(=O)O[C@H]1[C@H]2O[C@H]2C2=CC(=O)[C@]3(C[C@]2(C)[C@H]1C)OC3(C)C. The van der Waals surface area contributed by atoms with Gasteiger partial charge in [0, 0.05) is 18.3 Å². The number of rotatable bonds is 1. The first-order valence-electron chi connectivity index (χ1n) is 7.92. The predicted octanol–water partition coefficient (Wildman–Crippen LogP) is 1.79. The van der Waals surface area contributed by atoms with Gasteiger partial charge in [0.2, 0.25) is 0 Å². The lowest BCUT2D eigenvalue weighted by Gasteiger charge is -2.47. The van der Waals surface area contributed by atoms with E-state index >= 15 is 0 Å². The third-order valence-electron chi connectivity index (χ3n) is 6.28. The van der Waals surface area contributed by atoms with Crippen LogP contribution in [0.1, 0.15) is 41.0 Å². The molecule has 0 aromatic carbocycles. The molecule has 0 bridgehead atoms. The predicted molar refractivity (Wildman–Crippen MR) is 77.1 cm³/mol. The normalized spacial score (nSPS) is 50.8. The minimum Gasteiger partial charge on any atom is -0.459 e. The number of hydrogen-bond acceptors (Lipinski definition) is 5. The highest BCUT2D eigenvalue weighted by atomic mass is 16.6. The van der Waals surface area contributed by atoms with Gasteiger partial charge in [-0.3, -0.25) is 9.59 Å². The summed E-state index contributed by atoms with van der Waals surface area (Å²) >= 11 is 0. The van der Waals surface area contributed by atoms with Crippen LogP contribution < -0.4 is 0 Å². The zero-order valence-corrected chi connectivity index (χ0v) is 13.6. The van der Waals surface area contributed by atoms with Gasteiger partial charge in [-0.15, -0.1) is 0 Å². The van der Waals surface area contributed by atoms with E-state index in [1.807, 2.05) is 13.8 Å². The maximum atomic E-state index is 12.6. The molecule has 1 saturated carbocycles. The zero-order chi connectivity index (χ0) is 16.1. The fourth-order valence-electron chi connectivity index (χ4n) is 4.60. The van der Waals surface area contributed by atoms with Gasteiger partial charge in [-0.25, -0.2) is 0 Å². The van der Waals surface area contributed by atoms with Crippen LogP contribution in [0.25, 0.3) is 0 Å². The third kappa shape index (κ3) is 1.56. The Labute approximate surface area is 130 Å². The van der Waals surface area contributed by atoms with Gasteiger partial charge in [0.1, 0.15) is 23.9 Å². The van der Waals surface area contributed by atoms with Crippen LogP contribution in [0, 0.1) is 11.3 Å². The first kappa shape index (κ1) is 14.4. The molecule has 1 spiro atoms. The van der Waals surface area contributed by atoms with Crippen molar-refractivity contribution < 1.29 is 23.8 Å². The molecule has 3 fully saturated rings. The maximum absolute atomic E-state index is 12.6. The summed E-state index contributed by atoms with van der Waals surface area (Å²) in [5, 5.41) is 0. The molecule has 0 aromatic heterocycles. The number of carbonyl (C=O) groups is 2. The van der Waals surface area contributed by atoms with Gasteiger partial charge in [0.05, 0.1) is 0 Å². The Morgan fingerprint density at radius 2 is 2.00 bits per heavy atom. The molecule has 5 heteroatoms. The molecule has 5 nitrogen and oxygen atoms in total. The lowest BCUT2D eigenvalue weighted by atomic mass is 9.56. The van der Waals surface area contributed by atoms with Gasteiger partial charge in [0.15, 0.2) is 11.4 Å². The van der Waals surface area contributed by atoms with E-state index in [0.29, 0.717) is 6.42 Å². The molecule has 0 radical (unpaired) electrons. The van der Waals surface area contributed by atoms with Crippen LogP contribution in [0.4, 0.5) is 0 Å². The minimum atomic E-state index is -0.720. The molecule has 0 amide bonds. The second-order valence-electron chi connectivity index (χ2n) is 7.88. The van der Waals surface area contributed by atoms with Gasteiger partial charge in [-0.2, -0.15) is 0 Å². The Bertz CT molecular complexity index is 621. The summed E-state index contributed by atoms with van der Waals surface area (Å²) in [5.74, 6) is -0.152. The van der Waals surface area contributed by atoms with Crippen LogP contribution in [0.5, 0.6) is 0 Å². The largest absolute Gasteiger partial charge is 0.459 e. The fraction of sp³-hybridized carbons (Fsp3) is 0.765. The Hall–Kier alpha value is -1.20. The molecule has 0 N–H and O–H groups in total. The number of ketones is 1. The highest BCUT2D eigenvalue weighted by Gasteiger charge is 2.75. The zero-order valence-electron chi connectivity index (χ0n) is 13.6. The van der Waals surface area contributed by atoms with Crippen LogP contribution in [0.3, 0.4) is 0 Å². The average molecular weight is 306 g/mol. The van der Waals surface area contributed by atoms with E-state index in [1.165, 1.54) is 6.92 Å². The molecule has 2 saturated heterocycles. The number of ether oxygens (including phenoxy) is 3. The van der Waals surface area contributed by atoms with Crippen molar-refractivity contribution in [1.82, 2.24) is 0 Å². The molecule has 2 heterocycles. The van der Waals surface area contributed by atoms with Crippen molar-refractivity contribution in [3.05, 3.63) is 11.6 Å². The van der Waals surface area contributed by atoms with Crippen LogP contribution in [0.2, 0.25) is 0 Å². The molecule has 4 aliphatic rings. The van der Waals surface area contributed by atoms with Crippen molar-refractivity contribution in [1.29, 1.82) is 0 Å².